The monoisotopic (exact) mass is 242 g/mol. The molecule has 0 nitrogen and oxygen atoms in total. The van der Waals surface area contributed by atoms with E-state index in [4.69, 9.17) is 0 Å². The Morgan fingerprint density at radius 3 is 2.62 bits per heavy atom. The minimum Gasteiger partial charge on any atom is -0.171 e. The van der Waals surface area contributed by atoms with E-state index in [1.165, 1.54) is 11.3 Å². The van der Waals surface area contributed by atoms with Crippen molar-refractivity contribution in [2.24, 2.45) is 5.92 Å². The Labute approximate surface area is 94.7 Å². The van der Waals surface area contributed by atoms with Gasteiger partial charge in [0.15, 0.2) is 0 Å². The minimum absolute atomic E-state index is 0.254. The van der Waals surface area contributed by atoms with Crippen molar-refractivity contribution in [2.45, 2.75) is 18.5 Å². The van der Waals surface area contributed by atoms with Gasteiger partial charge in [-0.05, 0) is 34.7 Å². The second-order valence-electron chi connectivity index (χ2n) is 4.18. The summed E-state index contributed by atoms with van der Waals surface area (Å²) in [6.07, 6.45) is -3.78. The molecule has 1 aliphatic carbocycles. The summed E-state index contributed by atoms with van der Waals surface area (Å²) in [6.45, 7) is 0. The maximum absolute atomic E-state index is 12.5. The van der Waals surface area contributed by atoms with Crippen molar-refractivity contribution in [2.75, 3.05) is 0 Å². The van der Waals surface area contributed by atoms with E-state index in [0.717, 1.165) is 15.6 Å². The molecule has 2 aromatic rings. The standard InChI is InChI=1S/C12H9F3S/c13-12(14,15)10-5-8(10)9-6-16-11-4-2-1-3-7(9)11/h1-4,6,8,10H,5H2/t8-,10+/m0/s1. The van der Waals surface area contributed by atoms with Crippen LogP contribution in [-0.2, 0) is 0 Å². The van der Waals surface area contributed by atoms with Crippen LogP contribution in [0.15, 0.2) is 29.6 Å². The molecule has 1 fully saturated rings. The van der Waals surface area contributed by atoms with Crippen LogP contribution in [-0.4, -0.2) is 6.18 Å². The van der Waals surface area contributed by atoms with Crippen LogP contribution >= 0.6 is 11.3 Å². The van der Waals surface area contributed by atoms with Gasteiger partial charge in [0.1, 0.15) is 0 Å². The molecule has 0 spiro atoms. The lowest BCUT2D eigenvalue weighted by atomic mass is 10.1. The Balaban J connectivity index is 1.97. The topological polar surface area (TPSA) is 0 Å². The highest BCUT2D eigenvalue weighted by atomic mass is 32.1. The molecule has 0 aliphatic heterocycles. The Morgan fingerprint density at radius 2 is 1.94 bits per heavy atom. The van der Waals surface area contributed by atoms with E-state index in [1.807, 2.05) is 29.6 Å². The number of halogens is 3. The molecular weight excluding hydrogens is 233 g/mol. The number of hydrogen-bond acceptors (Lipinski definition) is 1. The fraction of sp³-hybridized carbons (Fsp3) is 0.333. The summed E-state index contributed by atoms with van der Waals surface area (Å²) in [7, 11) is 0. The van der Waals surface area contributed by atoms with Gasteiger partial charge in [0.2, 0.25) is 0 Å². The van der Waals surface area contributed by atoms with Crippen molar-refractivity contribution in [3.63, 3.8) is 0 Å². The number of rotatable bonds is 1. The quantitative estimate of drug-likeness (QED) is 0.687. The molecule has 3 rings (SSSR count). The first kappa shape index (κ1) is 10.1. The van der Waals surface area contributed by atoms with Crippen LogP contribution in [0.4, 0.5) is 13.2 Å². The molecule has 16 heavy (non-hydrogen) atoms. The second-order valence-corrected chi connectivity index (χ2v) is 5.09. The fourth-order valence-corrected chi connectivity index (χ4v) is 3.21. The van der Waals surface area contributed by atoms with E-state index in [1.54, 1.807) is 0 Å². The number of fused-ring (bicyclic) bond motifs is 1. The summed E-state index contributed by atoms with van der Waals surface area (Å²) in [5.41, 5.74) is 0.878. The highest BCUT2D eigenvalue weighted by molar-refractivity contribution is 7.17. The zero-order valence-corrected chi connectivity index (χ0v) is 9.11. The Morgan fingerprint density at radius 1 is 1.19 bits per heavy atom. The molecule has 1 aromatic heterocycles. The van der Waals surface area contributed by atoms with Crippen molar-refractivity contribution in [1.82, 2.24) is 0 Å². The molecule has 1 heterocycles. The van der Waals surface area contributed by atoms with Crippen LogP contribution < -0.4 is 0 Å². The molecule has 0 saturated heterocycles. The number of thiophene rings is 1. The average Bonchev–Trinajstić information content (AvgIpc) is 2.92. The van der Waals surface area contributed by atoms with Crippen LogP contribution in [0.2, 0.25) is 0 Å². The van der Waals surface area contributed by atoms with Gasteiger partial charge in [0, 0.05) is 4.70 Å². The van der Waals surface area contributed by atoms with E-state index < -0.39 is 12.1 Å². The average molecular weight is 242 g/mol. The predicted molar refractivity (Wildman–Crippen MR) is 58.7 cm³/mol. The van der Waals surface area contributed by atoms with Crippen LogP contribution in [0.25, 0.3) is 10.1 Å². The van der Waals surface area contributed by atoms with Gasteiger partial charge < -0.3 is 0 Å². The van der Waals surface area contributed by atoms with Gasteiger partial charge in [-0.25, -0.2) is 0 Å². The molecule has 84 valence electrons. The van der Waals surface area contributed by atoms with Crippen molar-refractivity contribution in [3.05, 3.63) is 35.2 Å². The first-order chi connectivity index (χ1) is 7.57. The van der Waals surface area contributed by atoms with E-state index in [2.05, 4.69) is 0 Å². The molecule has 1 aliphatic rings. The largest absolute Gasteiger partial charge is 0.392 e. The van der Waals surface area contributed by atoms with Gasteiger partial charge in [-0.3, -0.25) is 0 Å². The van der Waals surface area contributed by atoms with Gasteiger partial charge in [-0.15, -0.1) is 11.3 Å². The summed E-state index contributed by atoms with van der Waals surface area (Å²) in [4.78, 5) is 0. The van der Waals surface area contributed by atoms with Crippen LogP contribution in [0, 0.1) is 5.92 Å². The zero-order valence-electron chi connectivity index (χ0n) is 8.29. The number of hydrogen-bond donors (Lipinski definition) is 0. The van der Waals surface area contributed by atoms with E-state index >= 15 is 0 Å². The summed E-state index contributed by atoms with van der Waals surface area (Å²) in [6, 6.07) is 7.65. The lowest BCUT2D eigenvalue weighted by molar-refractivity contribution is -0.148. The maximum atomic E-state index is 12.5. The minimum atomic E-state index is -4.03. The molecule has 2 atom stereocenters. The van der Waals surface area contributed by atoms with Gasteiger partial charge >= 0.3 is 6.18 Å². The van der Waals surface area contributed by atoms with Crippen molar-refractivity contribution in [1.29, 1.82) is 0 Å². The first-order valence-corrected chi connectivity index (χ1v) is 5.98. The van der Waals surface area contributed by atoms with Crippen molar-refractivity contribution in [3.8, 4) is 0 Å². The maximum Gasteiger partial charge on any atom is 0.392 e. The number of benzene rings is 1. The Bertz CT molecular complexity index is 526. The Hall–Kier alpha value is -1.03. The third-order valence-corrected chi connectivity index (χ3v) is 4.10. The smallest absolute Gasteiger partial charge is 0.171 e. The molecule has 1 aromatic carbocycles. The first-order valence-electron chi connectivity index (χ1n) is 5.10. The van der Waals surface area contributed by atoms with Gasteiger partial charge in [-0.2, -0.15) is 13.2 Å². The lowest BCUT2D eigenvalue weighted by Crippen LogP contribution is -2.11. The van der Waals surface area contributed by atoms with E-state index in [0.29, 0.717) is 0 Å². The summed E-state index contributed by atoms with van der Waals surface area (Å²) in [5, 5.41) is 2.87. The van der Waals surface area contributed by atoms with Crippen LogP contribution in [0.1, 0.15) is 17.9 Å². The van der Waals surface area contributed by atoms with Gasteiger partial charge in [0.05, 0.1) is 5.92 Å². The highest BCUT2D eigenvalue weighted by Crippen LogP contribution is 2.57. The van der Waals surface area contributed by atoms with E-state index in [9.17, 15) is 13.2 Å². The summed E-state index contributed by atoms with van der Waals surface area (Å²) >= 11 is 1.53. The zero-order chi connectivity index (χ0) is 11.3. The molecule has 0 bridgehead atoms. The van der Waals surface area contributed by atoms with Gasteiger partial charge in [0.25, 0.3) is 0 Å². The second kappa shape index (κ2) is 3.23. The van der Waals surface area contributed by atoms with Gasteiger partial charge in [-0.1, -0.05) is 18.2 Å². The van der Waals surface area contributed by atoms with Crippen LogP contribution in [0.3, 0.4) is 0 Å². The molecular formula is C12H9F3S. The molecule has 0 amide bonds. The van der Waals surface area contributed by atoms with E-state index in [-0.39, 0.29) is 12.3 Å². The SMILES string of the molecule is FC(F)(F)[C@@H]1C[C@H]1c1csc2ccccc12. The summed E-state index contributed by atoms with van der Waals surface area (Å²) < 4.78 is 38.5. The molecule has 4 heteroatoms. The number of alkyl halides is 3. The molecule has 0 radical (unpaired) electrons. The fourth-order valence-electron chi connectivity index (χ4n) is 2.19. The molecule has 1 saturated carbocycles. The van der Waals surface area contributed by atoms with Crippen LogP contribution in [0.5, 0.6) is 0 Å². The van der Waals surface area contributed by atoms with Crippen molar-refractivity contribution < 1.29 is 13.2 Å². The summed E-state index contributed by atoms with van der Waals surface area (Å²) in [5.74, 6) is -1.43. The highest BCUT2D eigenvalue weighted by Gasteiger charge is 2.56. The lowest BCUT2D eigenvalue weighted by Gasteiger charge is -2.04. The predicted octanol–water partition coefficient (Wildman–Crippen LogP) is 4.57. The van der Waals surface area contributed by atoms with Crippen molar-refractivity contribution >= 4 is 21.4 Å². The molecule has 0 unspecified atom stereocenters. The normalized spacial score (nSPS) is 24.9. The third-order valence-electron chi connectivity index (χ3n) is 3.12. The third kappa shape index (κ3) is 1.52. The molecule has 0 N–H and O–H groups in total. The Kier molecular flexibility index (Phi) is 2.05.